The van der Waals surface area contributed by atoms with Gasteiger partial charge < -0.3 is 19.1 Å². The van der Waals surface area contributed by atoms with Crippen molar-refractivity contribution in [3.8, 4) is 5.88 Å². The van der Waals surface area contributed by atoms with Crippen molar-refractivity contribution in [3.05, 3.63) is 53.2 Å². The molecule has 2 aromatic rings. The highest BCUT2D eigenvalue weighted by atomic mass is 16.6. The molecule has 8 heteroatoms. The number of aryl methyl sites for hydroxylation is 1. The number of aromatic nitrogens is 1. The number of ether oxygens (including phenoxy) is 3. The Morgan fingerprint density at radius 2 is 1.82 bits per heavy atom. The van der Waals surface area contributed by atoms with E-state index in [9.17, 15) is 9.59 Å². The summed E-state index contributed by atoms with van der Waals surface area (Å²) in [4.78, 5) is 31.3. The van der Waals surface area contributed by atoms with Crippen molar-refractivity contribution >= 4 is 17.9 Å². The largest absolute Gasteiger partial charge is 0.480 e. The first-order valence-corrected chi connectivity index (χ1v) is 11.7. The lowest BCUT2D eigenvalue weighted by Gasteiger charge is -2.34. The molecule has 0 saturated carbocycles. The summed E-state index contributed by atoms with van der Waals surface area (Å²) in [6, 6.07) is 11.4. The second-order valence-corrected chi connectivity index (χ2v) is 9.37. The molecule has 0 bridgehead atoms. The minimum Gasteiger partial charge on any atom is -0.480 e. The Labute approximate surface area is 201 Å². The molecular weight excluding hydrogens is 434 g/mol. The number of nitrogens with one attached hydrogen (secondary N) is 1. The fraction of sp³-hybridized carbons (Fsp3) is 0.500. The molecule has 2 amide bonds. The topological polar surface area (TPSA) is 90.0 Å². The third kappa shape index (κ3) is 6.85. The predicted octanol–water partition coefficient (Wildman–Crippen LogP) is 5.52. The van der Waals surface area contributed by atoms with Gasteiger partial charge in [0.2, 0.25) is 5.88 Å². The van der Waals surface area contributed by atoms with E-state index in [4.69, 9.17) is 19.2 Å². The highest BCUT2D eigenvalue weighted by molar-refractivity contribution is 5.86. The van der Waals surface area contributed by atoms with Crippen LogP contribution in [0.3, 0.4) is 0 Å². The van der Waals surface area contributed by atoms with E-state index in [0.717, 1.165) is 36.1 Å². The maximum atomic E-state index is 12.4. The molecule has 1 aliphatic heterocycles. The lowest BCUT2D eigenvalue weighted by atomic mass is 9.89. The molecule has 1 aliphatic rings. The zero-order chi connectivity index (χ0) is 24.7. The maximum Gasteiger partial charge on any atom is 0.412 e. The third-order valence-electron chi connectivity index (χ3n) is 5.66. The Morgan fingerprint density at radius 3 is 2.41 bits per heavy atom. The number of pyridine rings is 1. The van der Waals surface area contributed by atoms with Crippen LogP contribution in [0.25, 0.3) is 0 Å². The molecule has 1 N–H and O–H groups in total. The van der Waals surface area contributed by atoms with Gasteiger partial charge in [0.25, 0.3) is 0 Å². The molecule has 184 valence electrons. The number of anilines is 1. The molecule has 1 saturated heterocycles. The number of likely N-dealkylation sites (tertiary alicyclic amines) is 1. The minimum absolute atomic E-state index is 0.178. The molecular formula is C26H35N3O5. The maximum absolute atomic E-state index is 12.4. The molecule has 0 atom stereocenters. The number of hydrogen-bond acceptors (Lipinski definition) is 6. The van der Waals surface area contributed by atoms with Gasteiger partial charge in [0.15, 0.2) is 0 Å². The molecule has 1 aromatic heterocycles. The quantitative estimate of drug-likeness (QED) is 0.599. The number of benzene rings is 1. The number of carbonyl (C=O) groups excluding carboxylic acids is 2. The molecule has 1 aromatic carbocycles. The van der Waals surface area contributed by atoms with Gasteiger partial charge in [-0.25, -0.2) is 14.6 Å². The normalized spacial score (nSPS) is 14.4. The van der Waals surface area contributed by atoms with Crippen LogP contribution in [-0.2, 0) is 22.5 Å². The Balaban J connectivity index is 1.66. The Bertz CT molecular complexity index is 980. The Hall–Kier alpha value is -3.29. The van der Waals surface area contributed by atoms with Crippen LogP contribution in [0.5, 0.6) is 5.88 Å². The van der Waals surface area contributed by atoms with Crippen LogP contribution in [0, 0.1) is 0 Å². The van der Waals surface area contributed by atoms with Crippen LogP contribution in [0.15, 0.2) is 36.4 Å². The third-order valence-corrected chi connectivity index (χ3v) is 5.66. The van der Waals surface area contributed by atoms with Gasteiger partial charge >= 0.3 is 12.2 Å². The highest BCUT2D eigenvalue weighted by Crippen LogP contribution is 2.34. The van der Waals surface area contributed by atoms with Crippen LogP contribution in [0.4, 0.5) is 15.3 Å². The van der Waals surface area contributed by atoms with Crippen LogP contribution in [0.2, 0.25) is 0 Å². The van der Waals surface area contributed by atoms with Crippen molar-refractivity contribution in [1.82, 2.24) is 9.88 Å². The molecule has 0 radical (unpaired) electrons. The summed E-state index contributed by atoms with van der Waals surface area (Å²) in [6.45, 7) is 9.06. The van der Waals surface area contributed by atoms with E-state index in [0.29, 0.717) is 24.7 Å². The van der Waals surface area contributed by atoms with Crippen molar-refractivity contribution in [2.24, 2.45) is 0 Å². The molecule has 2 heterocycles. The average molecular weight is 470 g/mol. The Kier molecular flexibility index (Phi) is 8.36. The SMILES string of the molecule is CCc1cc(NC(=O)OCc2ccccc2)c(OC)nc1C1CCN(C(=O)OC(C)(C)C)CC1. The summed E-state index contributed by atoms with van der Waals surface area (Å²) in [5.41, 5.74) is 2.86. The van der Waals surface area contributed by atoms with Crippen molar-refractivity contribution < 1.29 is 23.8 Å². The van der Waals surface area contributed by atoms with Gasteiger partial charge in [0.1, 0.15) is 17.9 Å². The van der Waals surface area contributed by atoms with Crippen LogP contribution in [0.1, 0.15) is 63.3 Å². The van der Waals surface area contributed by atoms with E-state index in [1.54, 1.807) is 4.90 Å². The predicted molar refractivity (Wildman–Crippen MR) is 130 cm³/mol. The zero-order valence-electron chi connectivity index (χ0n) is 20.7. The molecule has 0 aliphatic carbocycles. The monoisotopic (exact) mass is 469 g/mol. The first kappa shape index (κ1) is 25.3. The fourth-order valence-corrected chi connectivity index (χ4v) is 3.96. The van der Waals surface area contributed by atoms with Crippen molar-refractivity contribution in [2.45, 2.75) is 65.1 Å². The van der Waals surface area contributed by atoms with E-state index in [1.165, 1.54) is 7.11 Å². The molecule has 3 rings (SSSR count). The van der Waals surface area contributed by atoms with E-state index in [-0.39, 0.29) is 18.6 Å². The first-order chi connectivity index (χ1) is 16.2. The standard InChI is InChI=1S/C26H35N3O5/c1-6-19-16-21(27-24(30)33-17-18-10-8-7-9-11-18)23(32-5)28-22(19)20-12-14-29(15-13-20)25(31)34-26(2,3)4/h7-11,16,20H,6,12-15,17H2,1-5H3,(H,27,30). The van der Waals surface area contributed by atoms with Gasteiger partial charge in [0, 0.05) is 19.0 Å². The number of piperidine rings is 1. The summed E-state index contributed by atoms with van der Waals surface area (Å²) >= 11 is 0. The van der Waals surface area contributed by atoms with E-state index >= 15 is 0 Å². The summed E-state index contributed by atoms with van der Waals surface area (Å²) in [5.74, 6) is 0.542. The van der Waals surface area contributed by atoms with Gasteiger partial charge in [0.05, 0.1) is 12.8 Å². The number of hydrogen-bond donors (Lipinski definition) is 1. The van der Waals surface area contributed by atoms with E-state index in [1.807, 2.05) is 57.2 Å². The fourth-order valence-electron chi connectivity index (χ4n) is 3.96. The van der Waals surface area contributed by atoms with E-state index < -0.39 is 11.7 Å². The van der Waals surface area contributed by atoms with Crippen molar-refractivity contribution in [3.63, 3.8) is 0 Å². The molecule has 8 nitrogen and oxygen atoms in total. The van der Waals surface area contributed by atoms with Gasteiger partial charge in [-0.1, -0.05) is 37.3 Å². The smallest absolute Gasteiger partial charge is 0.412 e. The molecule has 0 spiro atoms. The van der Waals surface area contributed by atoms with Gasteiger partial charge in [-0.15, -0.1) is 0 Å². The Morgan fingerprint density at radius 1 is 1.15 bits per heavy atom. The summed E-state index contributed by atoms with van der Waals surface area (Å²) in [5, 5.41) is 2.76. The number of amides is 2. The molecule has 0 unspecified atom stereocenters. The van der Waals surface area contributed by atoms with Crippen LogP contribution < -0.4 is 10.1 Å². The van der Waals surface area contributed by atoms with Gasteiger partial charge in [-0.2, -0.15) is 0 Å². The summed E-state index contributed by atoms with van der Waals surface area (Å²) < 4.78 is 16.3. The van der Waals surface area contributed by atoms with Crippen molar-refractivity contribution in [1.29, 1.82) is 0 Å². The van der Waals surface area contributed by atoms with Gasteiger partial charge in [-0.05, 0) is 57.2 Å². The summed E-state index contributed by atoms with van der Waals surface area (Å²) in [7, 11) is 1.53. The van der Waals surface area contributed by atoms with Gasteiger partial charge in [-0.3, -0.25) is 5.32 Å². The molecule has 34 heavy (non-hydrogen) atoms. The van der Waals surface area contributed by atoms with Crippen molar-refractivity contribution in [2.75, 3.05) is 25.5 Å². The number of methoxy groups -OCH3 is 1. The zero-order valence-corrected chi connectivity index (χ0v) is 20.7. The second-order valence-electron chi connectivity index (χ2n) is 9.37. The average Bonchev–Trinajstić information content (AvgIpc) is 2.82. The first-order valence-electron chi connectivity index (χ1n) is 11.7. The van der Waals surface area contributed by atoms with E-state index in [2.05, 4.69) is 12.2 Å². The number of nitrogens with zero attached hydrogens (tertiary/aromatic N) is 2. The highest BCUT2D eigenvalue weighted by Gasteiger charge is 2.29. The minimum atomic E-state index is -0.565. The summed E-state index contributed by atoms with van der Waals surface area (Å²) in [6.07, 6.45) is 1.49. The lowest BCUT2D eigenvalue weighted by molar-refractivity contribution is 0.0203. The number of rotatable bonds is 6. The molecule has 1 fully saturated rings. The van der Waals surface area contributed by atoms with Crippen LogP contribution in [-0.4, -0.2) is 47.9 Å². The van der Waals surface area contributed by atoms with Crippen LogP contribution >= 0.6 is 0 Å². The number of carbonyl (C=O) groups is 2. The lowest BCUT2D eigenvalue weighted by Crippen LogP contribution is -2.41. The second kappa shape index (κ2) is 11.2.